The Labute approximate surface area is 207 Å². The second-order valence-electron chi connectivity index (χ2n) is 8.40. The Kier molecular flexibility index (Phi) is 6.59. The highest BCUT2D eigenvalue weighted by Gasteiger charge is 2.25. The molecular formula is C28H24N2O4S. The molecule has 0 saturated heterocycles. The average Bonchev–Trinajstić information content (AvgIpc) is 3.51. The van der Waals surface area contributed by atoms with Crippen LogP contribution >= 0.6 is 11.3 Å². The molecular weight excluding hydrogens is 460 g/mol. The molecule has 0 atom stereocenters. The highest BCUT2D eigenvalue weighted by molar-refractivity contribution is 7.16. The number of hydrogen-bond acceptors (Lipinski definition) is 5. The number of benzene rings is 2. The lowest BCUT2D eigenvalue weighted by Gasteiger charge is -2.12. The molecule has 2 N–H and O–H groups in total. The van der Waals surface area contributed by atoms with Crippen LogP contribution in [0, 0.1) is 0 Å². The van der Waals surface area contributed by atoms with Crippen molar-refractivity contribution in [2.45, 2.75) is 32.2 Å². The quantitative estimate of drug-likeness (QED) is 0.303. The number of carbonyl (C=O) groups excluding carboxylic acids is 1. The van der Waals surface area contributed by atoms with Crippen molar-refractivity contribution in [1.29, 1.82) is 0 Å². The van der Waals surface area contributed by atoms with Crippen molar-refractivity contribution in [2.24, 2.45) is 4.99 Å². The van der Waals surface area contributed by atoms with Gasteiger partial charge in [-0.1, -0.05) is 42.5 Å². The molecule has 5 rings (SSSR count). The maximum Gasteiger partial charge on any atom is 0.335 e. The lowest BCUT2D eigenvalue weighted by molar-refractivity contribution is 0.0696. The molecule has 0 bridgehead atoms. The molecule has 0 fully saturated rings. The summed E-state index contributed by atoms with van der Waals surface area (Å²) in [5.74, 6) is 0.115. The van der Waals surface area contributed by atoms with Gasteiger partial charge in [0.15, 0.2) is 0 Å². The van der Waals surface area contributed by atoms with Gasteiger partial charge in [0.05, 0.1) is 17.3 Å². The highest BCUT2D eigenvalue weighted by atomic mass is 32.1. The number of furan rings is 1. The van der Waals surface area contributed by atoms with E-state index >= 15 is 0 Å². The van der Waals surface area contributed by atoms with E-state index in [2.05, 4.69) is 10.3 Å². The molecule has 0 unspecified atom stereocenters. The molecule has 2 heterocycles. The van der Waals surface area contributed by atoms with E-state index in [4.69, 9.17) is 9.52 Å². The molecule has 0 radical (unpaired) electrons. The molecule has 0 saturated carbocycles. The smallest absolute Gasteiger partial charge is 0.335 e. The number of carboxylic acid groups (broad SMARTS) is 1. The summed E-state index contributed by atoms with van der Waals surface area (Å²) in [7, 11) is 0. The van der Waals surface area contributed by atoms with Gasteiger partial charge in [0, 0.05) is 17.0 Å². The van der Waals surface area contributed by atoms with E-state index < -0.39 is 5.97 Å². The van der Waals surface area contributed by atoms with E-state index in [0.29, 0.717) is 28.6 Å². The molecule has 0 aliphatic heterocycles. The Balaban J connectivity index is 1.37. The van der Waals surface area contributed by atoms with E-state index in [1.54, 1.807) is 41.8 Å². The van der Waals surface area contributed by atoms with Gasteiger partial charge in [-0.25, -0.2) is 9.79 Å². The molecule has 1 aliphatic carbocycles. The number of amides is 1. The number of aliphatic imine (C=N–C) groups is 1. The first-order chi connectivity index (χ1) is 17.1. The summed E-state index contributed by atoms with van der Waals surface area (Å²) in [6, 6.07) is 20.0. The number of hydrogen-bond donors (Lipinski definition) is 2. The fraction of sp³-hybridized carbons (Fsp3) is 0.179. The summed E-state index contributed by atoms with van der Waals surface area (Å²) in [5.41, 5.74) is 3.85. The van der Waals surface area contributed by atoms with Gasteiger partial charge >= 0.3 is 5.97 Å². The van der Waals surface area contributed by atoms with E-state index in [9.17, 15) is 9.59 Å². The van der Waals surface area contributed by atoms with E-state index in [1.165, 1.54) is 4.88 Å². The summed E-state index contributed by atoms with van der Waals surface area (Å²) in [5, 5.41) is 12.8. The SMILES string of the molecule is O=C(O)c1ccc(-c2ccc(C=Nc3sc4c(c3C(=O)NCc3ccccc3)CCCC4)o2)cc1. The average molecular weight is 485 g/mol. The lowest BCUT2D eigenvalue weighted by Crippen LogP contribution is -2.24. The summed E-state index contributed by atoms with van der Waals surface area (Å²) >= 11 is 1.58. The predicted octanol–water partition coefficient (Wildman–Crippen LogP) is 6.27. The molecule has 2 aromatic heterocycles. The molecule has 1 amide bonds. The number of rotatable bonds is 7. The Morgan fingerprint density at radius 1 is 1.00 bits per heavy atom. The van der Waals surface area contributed by atoms with E-state index in [1.807, 2.05) is 42.5 Å². The van der Waals surface area contributed by atoms with Crippen LogP contribution in [-0.2, 0) is 19.4 Å². The second-order valence-corrected chi connectivity index (χ2v) is 9.49. The van der Waals surface area contributed by atoms with E-state index in [-0.39, 0.29) is 11.5 Å². The van der Waals surface area contributed by atoms with Crippen LogP contribution in [0.25, 0.3) is 11.3 Å². The van der Waals surface area contributed by atoms with Crippen LogP contribution in [0.5, 0.6) is 0 Å². The van der Waals surface area contributed by atoms with Crippen molar-refractivity contribution >= 4 is 34.4 Å². The van der Waals surface area contributed by atoms with Crippen molar-refractivity contribution < 1.29 is 19.1 Å². The standard InChI is InChI=1S/C28H24N2O4S/c31-26(29-16-18-6-2-1-3-7-18)25-22-8-4-5-9-24(22)35-27(25)30-17-21-14-15-23(34-21)19-10-12-20(13-11-19)28(32)33/h1-3,6-7,10-15,17H,4-5,8-9,16H2,(H,29,31)(H,32,33). The number of thiophene rings is 1. The molecule has 176 valence electrons. The van der Waals surface area contributed by atoms with Gasteiger partial charge in [0.2, 0.25) is 0 Å². The minimum Gasteiger partial charge on any atom is -0.478 e. The largest absolute Gasteiger partial charge is 0.478 e. The number of aromatic carboxylic acids is 1. The first-order valence-electron chi connectivity index (χ1n) is 11.5. The third-order valence-corrected chi connectivity index (χ3v) is 7.23. The van der Waals surface area contributed by atoms with Gasteiger partial charge in [-0.15, -0.1) is 11.3 Å². The first kappa shape index (κ1) is 22.8. The van der Waals surface area contributed by atoms with Gasteiger partial charge < -0.3 is 14.8 Å². The summed E-state index contributed by atoms with van der Waals surface area (Å²) < 4.78 is 5.91. The number of nitrogens with zero attached hydrogens (tertiary/aromatic N) is 1. The minimum atomic E-state index is -0.967. The maximum atomic E-state index is 13.2. The Morgan fingerprint density at radius 2 is 1.77 bits per heavy atom. The predicted molar refractivity (Wildman–Crippen MR) is 137 cm³/mol. The van der Waals surface area contributed by atoms with Crippen LogP contribution in [0.2, 0.25) is 0 Å². The fourth-order valence-electron chi connectivity index (χ4n) is 4.22. The van der Waals surface area contributed by atoms with Crippen molar-refractivity contribution in [3.8, 4) is 11.3 Å². The van der Waals surface area contributed by atoms with Crippen molar-refractivity contribution in [3.05, 3.63) is 99.6 Å². The lowest BCUT2D eigenvalue weighted by atomic mass is 9.95. The number of aryl methyl sites for hydroxylation is 1. The van der Waals surface area contributed by atoms with Crippen LogP contribution in [0.4, 0.5) is 5.00 Å². The maximum absolute atomic E-state index is 13.2. The van der Waals surface area contributed by atoms with Gasteiger partial charge in [-0.2, -0.15) is 0 Å². The Morgan fingerprint density at radius 3 is 2.54 bits per heavy atom. The second kappa shape index (κ2) is 10.1. The van der Waals surface area contributed by atoms with Crippen molar-refractivity contribution in [3.63, 3.8) is 0 Å². The van der Waals surface area contributed by atoms with Gasteiger partial charge in [0.1, 0.15) is 16.5 Å². The third kappa shape index (κ3) is 5.10. The molecule has 35 heavy (non-hydrogen) atoms. The zero-order valence-corrected chi connectivity index (χ0v) is 19.8. The minimum absolute atomic E-state index is 0.0981. The van der Waals surface area contributed by atoms with Gasteiger partial charge in [-0.3, -0.25) is 4.79 Å². The number of carboxylic acids is 1. The molecule has 1 aliphatic rings. The first-order valence-corrected chi connectivity index (χ1v) is 12.3. The molecule has 2 aromatic carbocycles. The molecule has 4 aromatic rings. The zero-order chi connectivity index (χ0) is 24.2. The summed E-state index contributed by atoms with van der Waals surface area (Å²) in [6.45, 7) is 0.468. The van der Waals surface area contributed by atoms with E-state index in [0.717, 1.165) is 42.4 Å². The van der Waals surface area contributed by atoms with Crippen LogP contribution < -0.4 is 5.32 Å². The van der Waals surface area contributed by atoms with Crippen molar-refractivity contribution in [2.75, 3.05) is 0 Å². The molecule has 0 spiro atoms. The molecule has 7 heteroatoms. The van der Waals surface area contributed by atoms with Crippen LogP contribution in [0.15, 0.2) is 76.1 Å². The topological polar surface area (TPSA) is 91.9 Å². The van der Waals surface area contributed by atoms with Crippen molar-refractivity contribution in [1.82, 2.24) is 5.32 Å². The van der Waals surface area contributed by atoms with Crippen LogP contribution in [-0.4, -0.2) is 23.2 Å². The molecule has 6 nitrogen and oxygen atoms in total. The fourth-order valence-corrected chi connectivity index (χ4v) is 5.45. The van der Waals surface area contributed by atoms with Gasteiger partial charge in [0.25, 0.3) is 5.91 Å². The normalized spacial score (nSPS) is 13.0. The van der Waals surface area contributed by atoms with Crippen LogP contribution in [0.3, 0.4) is 0 Å². The number of nitrogens with one attached hydrogen (secondary N) is 1. The monoisotopic (exact) mass is 484 g/mol. The number of fused-ring (bicyclic) bond motifs is 1. The van der Waals surface area contributed by atoms with Crippen LogP contribution in [0.1, 0.15) is 55.3 Å². The number of carbonyl (C=O) groups is 2. The Bertz CT molecular complexity index is 1380. The van der Waals surface area contributed by atoms with Gasteiger partial charge in [-0.05, 0) is 61.1 Å². The Hall–Kier alpha value is -3.97. The zero-order valence-electron chi connectivity index (χ0n) is 19.0. The summed E-state index contributed by atoms with van der Waals surface area (Å²) in [4.78, 5) is 30.2. The third-order valence-electron chi connectivity index (χ3n) is 6.03. The highest BCUT2D eigenvalue weighted by Crippen LogP contribution is 2.40. The summed E-state index contributed by atoms with van der Waals surface area (Å²) in [6.07, 6.45) is 5.72.